The van der Waals surface area contributed by atoms with Crippen LogP contribution >= 0.6 is 0 Å². The number of nitrogen functional groups attached to an aromatic ring is 1. The van der Waals surface area contributed by atoms with Gasteiger partial charge in [0.15, 0.2) is 11.6 Å². The molecule has 14 heteroatoms. The van der Waals surface area contributed by atoms with E-state index in [4.69, 9.17) is 10.5 Å². The first-order chi connectivity index (χ1) is 24.6. The molecule has 1 atom stereocenters. The van der Waals surface area contributed by atoms with Crippen molar-refractivity contribution in [2.75, 3.05) is 30.7 Å². The maximum Gasteiger partial charge on any atom is 0.264 e. The first-order valence-electron chi connectivity index (χ1n) is 17.5. The Hall–Kier alpha value is -5.53. The fourth-order valence-corrected chi connectivity index (χ4v) is 7.96. The van der Waals surface area contributed by atoms with Gasteiger partial charge in [-0.05, 0) is 69.7 Å². The van der Waals surface area contributed by atoms with Crippen molar-refractivity contribution in [3.05, 3.63) is 64.7 Å². The third-order valence-corrected chi connectivity index (χ3v) is 10.5. The van der Waals surface area contributed by atoms with E-state index in [1.54, 1.807) is 43.3 Å². The highest BCUT2D eigenvalue weighted by Gasteiger charge is 2.71. The van der Waals surface area contributed by atoms with Crippen LogP contribution < -0.4 is 32.0 Å². The van der Waals surface area contributed by atoms with E-state index in [9.17, 15) is 24.3 Å². The number of hydrogen-bond donors (Lipinski definition) is 5. The zero-order chi connectivity index (χ0) is 35.8. The lowest BCUT2D eigenvalue weighted by molar-refractivity contribution is -0.217. The Morgan fingerprint density at radius 2 is 1.80 bits per heavy atom. The van der Waals surface area contributed by atoms with Gasteiger partial charge in [0.1, 0.15) is 23.3 Å². The molecule has 3 aliphatic carbocycles. The number of nitrogens with one attached hydrogen (secondary N) is 3. The first kappa shape index (κ1) is 33.9. The summed E-state index contributed by atoms with van der Waals surface area (Å²) in [7, 11) is 0. The van der Waals surface area contributed by atoms with E-state index in [1.165, 1.54) is 4.57 Å². The average molecular weight is 695 g/mol. The normalized spacial score (nSPS) is 22.1. The summed E-state index contributed by atoms with van der Waals surface area (Å²) in [6.07, 6.45) is 6.44. The van der Waals surface area contributed by atoms with Crippen molar-refractivity contribution in [2.24, 2.45) is 10.8 Å². The molecular weight excluding hydrogens is 652 g/mol. The maximum absolute atomic E-state index is 13.6. The molecule has 266 valence electrons. The Labute approximate surface area is 294 Å². The van der Waals surface area contributed by atoms with Crippen LogP contribution in [0.5, 0.6) is 11.5 Å². The van der Waals surface area contributed by atoms with Gasteiger partial charge in [0.25, 0.3) is 5.56 Å². The minimum atomic E-state index is -0.771. The van der Waals surface area contributed by atoms with Gasteiger partial charge in [-0.1, -0.05) is 31.0 Å². The zero-order valence-electron chi connectivity index (χ0n) is 28.5. The number of unbranched alkanes of at least 4 members (excludes halogenated alkanes) is 3. The highest BCUT2D eigenvalue weighted by molar-refractivity contribution is 5.99. The van der Waals surface area contributed by atoms with Gasteiger partial charge in [-0.2, -0.15) is 0 Å². The van der Waals surface area contributed by atoms with E-state index in [2.05, 4.69) is 31.1 Å². The minimum absolute atomic E-state index is 0.0356. The number of hydrogen-bond acceptors (Lipinski definition) is 11. The number of nitrogens with two attached hydrogens (primary N) is 1. The van der Waals surface area contributed by atoms with Crippen LogP contribution in [-0.4, -0.2) is 62.3 Å². The summed E-state index contributed by atoms with van der Waals surface area (Å²) in [5, 5.41) is 27.5. The standard InChI is InChI=1S/C37H42N8O6/c1-22-41-25-11-8-10-24(31(25)34(49)45(22)27-13-14-30(47)42-33(27)48)39-15-6-2-3-7-16-40-35(50)37-18-36(19-37,20-37)21-51-29-17-26(43-44-32(29)38)23-9-4-5-12-28(23)46/h4-5,8-12,17,27,39,46H,2-3,6-7,13-16,18-21H2,1H3,(H2,38,44)(H,40,50)(H,42,47,48). The maximum atomic E-state index is 13.6. The second-order valence-electron chi connectivity index (χ2n) is 14.2. The molecular formula is C37H42N8O6. The fraction of sp³-hybridized carbons (Fsp3) is 0.432. The molecule has 2 aromatic carbocycles. The molecule has 4 fully saturated rings. The molecule has 3 saturated carbocycles. The quantitative estimate of drug-likeness (QED) is 0.0950. The van der Waals surface area contributed by atoms with Crippen molar-refractivity contribution in [3.63, 3.8) is 0 Å². The van der Waals surface area contributed by atoms with Crippen LogP contribution in [0, 0.1) is 17.8 Å². The molecule has 1 aliphatic heterocycles. The number of aromatic nitrogens is 4. The minimum Gasteiger partial charge on any atom is -0.507 e. The van der Waals surface area contributed by atoms with Gasteiger partial charge in [-0.25, -0.2) is 4.98 Å². The number of piperidine rings is 1. The highest BCUT2D eigenvalue weighted by Crippen LogP contribution is 2.73. The number of aryl methyl sites for hydroxylation is 1. The number of aromatic hydroxyl groups is 1. The van der Waals surface area contributed by atoms with E-state index < -0.39 is 11.9 Å². The van der Waals surface area contributed by atoms with Crippen LogP contribution in [0.2, 0.25) is 0 Å². The molecule has 8 rings (SSSR count). The number of nitrogens with zero attached hydrogens (tertiary/aromatic N) is 4. The Morgan fingerprint density at radius 1 is 1.04 bits per heavy atom. The fourth-order valence-electron chi connectivity index (χ4n) is 7.96. The molecule has 2 bridgehead atoms. The predicted octanol–water partition coefficient (Wildman–Crippen LogP) is 3.77. The summed E-state index contributed by atoms with van der Waals surface area (Å²) < 4.78 is 7.46. The third-order valence-electron chi connectivity index (χ3n) is 10.5. The van der Waals surface area contributed by atoms with E-state index >= 15 is 0 Å². The molecule has 14 nitrogen and oxygen atoms in total. The SMILES string of the molecule is Cc1nc2cccc(NCCCCCCNC(=O)C34CC(COc5cc(-c6ccccc6O)nnc5N)(C3)C4)c2c(=O)n1C1CCC(=O)NC1=O. The van der Waals surface area contributed by atoms with Crippen LogP contribution in [0.1, 0.15) is 69.7 Å². The number of rotatable bonds is 14. The summed E-state index contributed by atoms with van der Waals surface area (Å²) in [5.41, 5.74) is 7.61. The first-order valence-corrected chi connectivity index (χ1v) is 17.5. The third kappa shape index (κ3) is 6.57. The lowest BCUT2D eigenvalue weighted by Crippen LogP contribution is -2.69. The summed E-state index contributed by atoms with van der Waals surface area (Å²) in [5.74, 6) is 0.421. The van der Waals surface area contributed by atoms with Gasteiger partial charge in [-0.3, -0.25) is 29.1 Å². The number of carbonyl (C=O) groups excluding carboxylic acids is 3. The molecule has 0 spiro atoms. The Bertz CT molecular complexity index is 2060. The number of phenolic OH excluding ortho intramolecular Hbond substituents is 1. The molecule has 2 aromatic heterocycles. The van der Waals surface area contributed by atoms with Gasteiger partial charge in [0, 0.05) is 42.2 Å². The lowest BCUT2D eigenvalue weighted by atomic mass is 9.35. The van der Waals surface area contributed by atoms with E-state index in [0.29, 0.717) is 59.1 Å². The number of phenols is 1. The molecule has 3 amide bonds. The monoisotopic (exact) mass is 694 g/mol. The number of para-hydroxylation sites is 1. The molecule has 4 aliphatic rings. The second-order valence-corrected chi connectivity index (χ2v) is 14.2. The second kappa shape index (κ2) is 13.6. The molecule has 1 unspecified atom stereocenters. The van der Waals surface area contributed by atoms with E-state index in [1.807, 2.05) is 12.1 Å². The van der Waals surface area contributed by atoms with Crippen molar-refractivity contribution < 1.29 is 24.2 Å². The molecule has 4 aromatic rings. The van der Waals surface area contributed by atoms with E-state index in [0.717, 1.165) is 44.9 Å². The number of ether oxygens (including phenoxy) is 1. The number of amides is 3. The van der Waals surface area contributed by atoms with Crippen LogP contribution in [0.15, 0.2) is 53.3 Å². The topological polar surface area (TPSA) is 203 Å². The highest BCUT2D eigenvalue weighted by atomic mass is 16.5. The molecule has 3 heterocycles. The summed E-state index contributed by atoms with van der Waals surface area (Å²) in [4.78, 5) is 55.4. The van der Waals surface area contributed by atoms with Gasteiger partial charge in [0.05, 0.1) is 22.9 Å². The van der Waals surface area contributed by atoms with Crippen LogP contribution in [0.25, 0.3) is 22.2 Å². The Morgan fingerprint density at radius 3 is 2.57 bits per heavy atom. The van der Waals surface area contributed by atoms with Crippen LogP contribution in [0.4, 0.5) is 11.5 Å². The largest absolute Gasteiger partial charge is 0.507 e. The number of imide groups is 1. The molecule has 51 heavy (non-hydrogen) atoms. The van der Waals surface area contributed by atoms with Crippen molar-refractivity contribution in [1.29, 1.82) is 0 Å². The van der Waals surface area contributed by atoms with E-state index in [-0.39, 0.29) is 52.6 Å². The van der Waals surface area contributed by atoms with Crippen LogP contribution in [0.3, 0.4) is 0 Å². The van der Waals surface area contributed by atoms with Gasteiger partial charge >= 0.3 is 0 Å². The molecule has 1 saturated heterocycles. The van der Waals surface area contributed by atoms with Crippen molar-refractivity contribution in [1.82, 2.24) is 30.4 Å². The summed E-state index contributed by atoms with van der Waals surface area (Å²) in [6, 6.07) is 13.3. The molecule has 6 N–H and O–H groups in total. The Kier molecular flexibility index (Phi) is 9.08. The lowest BCUT2D eigenvalue weighted by Gasteiger charge is -2.68. The van der Waals surface area contributed by atoms with Crippen molar-refractivity contribution in [2.45, 2.75) is 70.8 Å². The van der Waals surface area contributed by atoms with Gasteiger partial charge < -0.3 is 26.2 Å². The van der Waals surface area contributed by atoms with Crippen LogP contribution in [-0.2, 0) is 14.4 Å². The average Bonchev–Trinajstić information content (AvgIpc) is 3.06. The van der Waals surface area contributed by atoms with Crippen molar-refractivity contribution >= 4 is 40.1 Å². The van der Waals surface area contributed by atoms with Gasteiger partial charge in [0.2, 0.25) is 17.7 Å². The number of fused-ring (bicyclic) bond motifs is 1. The van der Waals surface area contributed by atoms with Crippen molar-refractivity contribution in [3.8, 4) is 22.8 Å². The predicted molar refractivity (Wildman–Crippen MR) is 190 cm³/mol. The number of benzene rings is 2. The summed E-state index contributed by atoms with van der Waals surface area (Å²) in [6.45, 7) is 3.42. The zero-order valence-corrected chi connectivity index (χ0v) is 28.5. The number of anilines is 2. The van der Waals surface area contributed by atoms with Gasteiger partial charge in [-0.15, -0.1) is 10.2 Å². The smallest absolute Gasteiger partial charge is 0.264 e. The molecule has 0 radical (unpaired) electrons. The summed E-state index contributed by atoms with van der Waals surface area (Å²) >= 11 is 0. The number of carbonyl (C=O) groups is 3. The Balaban J connectivity index is 0.824.